The first-order valence-electron chi connectivity index (χ1n) is 5.73. The molecule has 1 heterocycles. The van der Waals surface area contributed by atoms with Crippen molar-refractivity contribution in [1.29, 1.82) is 0 Å². The molecule has 1 atom stereocenters. The van der Waals surface area contributed by atoms with E-state index in [1.807, 2.05) is 0 Å². The van der Waals surface area contributed by atoms with Gasteiger partial charge < -0.3 is 5.11 Å². The molecular formula is C13H9F2NO2S. The lowest BCUT2D eigenvalue weighted by atomic mass is 10.1. The first-order valence-corrected chi connectivity index (χ1v) is 6.55. The molecule has 0 saturated heterocycles. The summed E-state index contributed by atoms with van der Waals surface area (Å²) in [5.41, 5.74) is 0.887. The van der Waals surface area contributed by atoms with Crippen molar-refractivity contribution in [2.45, 2.75) is 18.8 Å². The number of aromatic nitrogens is 1. The molecule has 0 bridgehead atoms. The van der Waals surface area contributed by atoms with Gasteiger partial charge in [0.1, 0.15) is 22.6 Å². The quantitative estimate of drug-likeness (QED) is 0.919. The lowest BCUT2D eigenvalue weighted by Gasteiger charge is -2.02. The minimum atomic E-state index is -0.902. The number of rotatable bonds is 2. The van der Waals surface area contributed by atoms with Gasteiger partial charge in [-0.3, -0.25) is 4.79 Å². The lowest BCUT2D eigenvalue weighted by molar-refractivity contribution is -0.138. The van der Waals surface area contributed by atoms with Crippen LogP contribution in [0.25, 0.3) is 10.6 Å². The fourth-order valence-corrected chi connectivity index (χ4v) is 3.39. The predicted octanol–water partition coefficient (Wildman–Crippen LogP) is 3.20. The van der Waals surface area contributed by atoms with Crippen molar-refractivity contribution in [2.24, 2.45) is 0 Å². The van der Waals surface area contributed by atoms with Gasteiger partial charge >= 0.3 is 5.97 Å². The van der Waals surface area contributed by atoms with Gasteiger partial charge in [0.25, 0.3) is 0 Å². The summed E-state index contributed by atoms with van der Waals surface area (Å²) in [7, 11) is 0. The van der Waals surface area contributed by atoms with E-state index in [0.717, 1.165) is 10.9 Å². The third kappa shape index (κ3) is 2.12. The summed E-state index contributed by atoms with van der Waals surface area (Å²) in [4.78, 5) is 16.2. The van der Waals surface area contributed by atoms with E-state index in [0.29, 0.717) is 29.1 Å². The van der Waals surface area contributed by atoms with Crippen molar-refractivity contribution < 1.29 is 18.7 Å². The Balaban J connectivity index is 2.04. The molecule has 1 aliphatic carbocycles. The molecule has 3 nitrogen and oxygen atoms in total. The first kappa shape index (κ1) is 12.2. The lowest BCUT2D eigenvalue weighted by Crippen LogP contribution is -2.08. The van der Waals surface area contributed by atoms with Gasteiger partial charge in [-0.2, -0.15) is 0 Å². The molecule has 3 rings (SSSR count). The smallest absolute Gasteiger partial charge is 0.312 e. The van der Waals surface area contributed by atoms with Crippen molar-refractivity contribution in [3.05, 3.63) is 40.4 Å². The normalized spacial score (nSPS) is 17.5. The molecule has 1 aliphatic rings. The van der Waals surface area contributed by atoms with Gasteiger partial charge in [-0.1, -0.05) is 0 Å². The fraction of sp³-hybridized carbons (Fsp3) is 0.231. The molecule has 1 N–H and O–H groups in total. The zero-order valence-corrected chi connectivity index (χ0v) is 10.5. The third-order valence-corrected chi connectivity index (χ3v) is 4.31. The second kappa shape index (κ2) is 4.38. The van der Waals surface area contributed by atoms with E-state index < -0.39 is 23.5 Å². The highest BCUT2D eigenvalue weighted by Gasteiger charge is 2.32. The van der Waals surface area contributed by atoms with Gasteiger partial charge in [0.15, 0.2) is 0 Å². The zero-order valence-electron chi connectivity index (χ0n) is 9.69. The van der Waals surface area contributed by atoms with E-state index in [-0.39, 0.29) is 0 Å². The Kier molecular flexibility index (Phi) is 2.82. The Morgan fingerprint density at radius 3 is 2.63 bits per heavy atom. The van der Waals surface area contributed by atoms with Gasteiger partial charge in [-0.15, -0.1) is 11.3 Å². The number of fused-ring (bicyclic) bond motifs is 1. The maximum atomic E-state index is 13.2. The van der Waals surface area contributed by atoms with Gasteiger partial charge in [0.05, 0.1) is 5.69 Å². The number of carbonyl (C=O) groups is 1. The summed E-state index contributed by atoms with van der Waals surface area (Å²) in [5.74, 6) is -2.83. The molecule has 0 fully saturated rings. The van der Waals surface area contributed by atoms with Crippen LogP contribution in [-0.2, 0) is 11.2 Å². The minimum Gasteiger partial charge on any atom is -0.481 e. The molecule has 0 amide bonds. The Morgan fingerprint density at radius 1 is 1.32 bits per heavy atom. The Hall–Kier alpha value is -1.82. The number of benzene rings is 1. The molecule has 1 aromatic carbocycles. The highest BCUT2D eigenvalue weighted by Crippen LogP contribution is 2.39. The Bertz CT molecular complexity index is 648. The van der Waals surface area contributed by atoms with E-state index in [1.165, 1.54) is 23.5 Å². The van der Waals surface area contributed by atoms with Crippen LogP contribution in [0.1, 0.15) is 22.9 Å². The molecule has 0 saturated carbocycles. The van der Waals surface area contributed by atoms with Crippen LogP contribution in [0.5, 0.6) is 0 Å². The van der Waals surface area contributed by atoms with E-state index in [9.17, 15) is 13.6 Å². The summed E-state index contributed by atoms with van der Waals surface area (Å²) in [6, 6.07) is 3.20. The predicted molar refractivity (Wildman–Crippen MR) is 66.2 cm³/mol. The monoisotopic (exact) mass is 281 g/mol. The standard InChI is InChI=1S/C13H9F2NO2S/c14-7-3-6(4-8(15)5-7)12-16-11-9(13(17)18)1-2-10(11)19-12/h3-5,9H,1-2H2,(H,17,18). The van der Waals surface area contributed by atoms with Crippen molar-refractivity contribution in [3.8, 4) is 10.6 Å². The second-order valence-corrected chi connectivity index (χ2v) is 5.50. The van der Waals surface area contributed by atoms with E-state index in [1.54, 1.807) is 0 Å². The summed E-state index contributed by atoms with van der Waals surface area (Å²) < 4.78 is 26.3. The molecule has 1 unspecified atom stereocenters. The van der Waals surface area contributed by atoms with E-state index in [4.69, 9.17) is 5.11 Å². The van der Waals surface area contributed by atoms with E-state index in [2.05, 4.69) is 4.98 Å². The van der Waals surface area contributed by atoms with Crippen molar-refractivity contribution in [1.82, 2.24) is 4.98 Å². The van der Waals surface area contributed by atoms with Crippen molar-refractivity contribution in [2.75, 3.05) is 0 Å². The number of nitrogens with zero attached hydrogens (tertiary/aromatic N) is 1. The second-order valence-electron chi connectivity index (χ2n) is 4.42. The average molecular weight is 281 g/mol. The number of carboxylic acid groups (broad SMARTS) is 1. The van der Waals surface area contributed by atoms with Crippen molar-refractivity contribution in [3.63, 3.8) is 0 Å². The first-order chi connectivity index (χ1) is 9.04. The Morgan fingerprint density at radius 2 is 2.00 bits per heavy atom. The van der Waals surface area contributed by atoms with Crippen LogP contribution in [0, 0.1) is 11.6 Å². The van der Waals surface area contributed by atoms with Gasteiger partial charge in [-0.05, 0) is 25.0 Å². The SMILES string of the molecule is O=C(O)C1CCc2sc(-c3cc(F)cc(F)c3)nc21. The topological polar surface area (TPSA) is 50.2 Å². The molecule has 0 aliphatic heterocycles. The molecule has 2 aromatic rings. The largest absolute Gasteiger partial charge is 0.481 e. The maximum Gasteiger partial charge on any atom is 0.312 e. The van der Waals surface area contributed by atoms with Crippen molar-refractivity contribution >= 4 is 17.3 Å². The molecule has 19 heavy (non-hydrogen) atoms. The van der Waals surface area contributed by atoms with Crippen LogP contribution in [0.2, 0.25) is 0 Å². The van der Waals surface area contributed by atoms with E-state index >= 15 is 0 Å². The third-order valence-electron chi connectivity index (χ3n) is 3.13. The molecule has 0 spiro atoms. The molecule has 0 radical (unpaired) electrons. The number of halogens is 2. The summed E-state index contributed by atoms with van der Waals surface area (Å²) >= 11 is 1.31. The summed E-state index contributed by atoms with van der Waals surface area (Å²) in [5, 5.41) is 9.54. The number of hydrogen-bond donors (Lipinski definition) is 1. The highest BCUT2D eigenvalue weighted by atomic mass is 32.1. The maximum absolute atomic E-state index is 13.2. The van der Waals surface area contributed by atoms with Gasteiger partial charge in [0.2, 0.25) is 0 Å². The fourth-order valence-electron chi connectivity index (χ4n) is 2.27. The zero-order chi connectivity index (χ0) is 13.6. The number of aliphatic carboxylic acids is 1. The molecule has 98 valence electrons. The van der Waals surface area contributed by atoms with Crippen LogP contribution < -0.4 is 0 Å². The molecular weight excluding hydrogens is 272 g/mol. The van der Waals surface area contributed by atoms with Gasteiger partial charge in [-0.25, -0.2) is 13.8 Å². The number of hydrogen-bond acceptors (Lipinski definition) is 3. The number of carboxylic acids is 1. The number of thiazole rings is 1. The molecule has 1 aromatic heterocycles. The van der Waals surface area contributed by atoms with Crippen LogP contribution in [0.15, 0.2) is 18.2 Å². The van der Waals surface area contributed by atoms with Crippen LogP contribution in [0.4, 0.5) is 8.78 Å². The Labute approximate surface area is 111 Å². The minimum absolute atomic E-state index is 0.348. The summed E-state index contributed by atoms with van der Waals surface area (Å²) in [6.45, 7) is 0. The van der Waals surface area contributed by atoms with Crippen LogP contribution >= 0.6 is 11.3 Å². The van der Waals surface area contributed by atoms with Crippen LogP contribution in [-0.4, -0.2) is 16.1 Å². The highest BCUT2D eigenvalue weighted by molar-refractivity contribution is 7.15. The van der Waals surface area contributed by atoms with Gasteiger partial charge in [0, 0.05) is 16.5 Å². The average Bonchev–Trinajstić information content (AvgIpc) is 2.85. The molecule has 6 heteroatoms. The van der Waals surface area contributed by atoms with Crippen LogP contribution in [0.3, 0.4) is 0 Å². The number of aryl methyl sites for hydroxylation is 1. The summed E-state index contributed by atoms with van der Waals surface area (Å²) in [6.07, 6.45) is 1.20.